The molecule has 0 aromatic carbocycles. The van der Waals surface area contributed by atoms with Gasteiger partial charge in [0.25, 0.3) is 0 Å². The fourth-order valence-corrected chi connectivity index (χ4v) is 7.88. The minimum atomic E-state index is -4.99. The van der Waals surface area contributed by atoms with Gasteiger partial charge in [0, 0.05) is 13.0 Å². The molecule has 0 amide bonds. The molecule has 4 bridgehead atoms. The molecule has 0 radical (unpaired) electrons. The van der Waals surface area contributed by atoms with E-state index in [4.69, 9.17) is 19.0 Å². The second kappa shape index (κ2) is 8.74. The normalized spacial score (nSPS) is 49.2. The maximum Gasteiger partial charge on any atom is 1.00 e. The molecule has 6 rings (SSSR count). The molecule has 1 aliphatic heterocycles. The summed E-state index contributed by atoms with van der Waals surface area (Å²) in [5, 5.41) is 0. The number of phosphoric ester groups is 1. The van der Waals surface area contributed by atoms with E-state index in [9.17, 15) is 14.4 Å². The molecule has 3 atom stereocenters. The van der Waals surface area contributed by atoms with Crippen LogP contribution in [0.2, 0.25) is 0 Å². The van der Waals surface area contributed by atoms with Crippen molar-refractivity contribution in [3.63, 3.8) is 0 Å². The fraction of sp³-hybridized carbons (Fsp3) is 1.00. The summed E-state index contributed by atoms with van der Waals surface area (Å²) in [5.41, 5.74) is -0.416. The van der Waals surface area contributed by atoms with E-state index in [1.807, 2.05) is 0 Å². The molecular weight excluding hydrogens is 405 g/mol. The van der Waals surface area contributed by atoms with Crippen LogP contribution in [-0.2, 0) is 23.6 Å². The molecule has 0 aromatic rings. The molecule has 148 valence electrons. The van der Waals surface area contributed by atoms with E-state index in [1.165, 1.54) is 32.1 Å². The summed E-state index contributed by atoms with van der Waals surface area (Å²) in [6, 6.07) is 0. The van der Waals surface area contributed by atoms with Crippen molar-refractivity contribution >= 4 is 7.82 Å². The van der Waals surface area contributed by atoms with Crippen LogP contribution in [0, 0.1) is 29.6 Å². The summed E-state index contributed by atoms with van der Waals surface area (Å²) in [4.78, 5) is 33.8. The van der Waals surface area contributed by atoms with Gasteiger partial charge in [0.15, 0.2) is 5.60 Å². The minimum absolute atomic E-state index is 0. The number of phosphoric acid groups is 1. The average Bonchev–Trinajstić information content (AvgIpc) is 2.53. The first-order valence-electron chi connectivity index (χ1n) is 9.98. The summed E-state index contributed by atoms with van der Waals surface area (Å²) in [7, 11) is -3.31. The van der Waals surface area contributed by atoms with Crippen molar-refractivity contribution in [1.29, 1.82) is 0 Å². The van der Waals surface area contributed by atoms with Crippen LogP contribution in [0.1, 0.15) is 57.8 Å². The van der Waals surface area contributed by atoms with Gasteiger partial charge in [0.05, 0.1) is 13.9 Å². The topological polar surface area (TPSA) is 100 Å². The van der Waals surface area contributed by atoms with E-state index in [0.29, 0.717) is 24.7 Å². The fourth-order valence-electron chi connectivity index (χ4n) is 7.33. The molecule has 1 saturated heterocycles. The second-order valence-corrected chi connectivity index (χ2v) is 10.3. The number of methoxy groups -OCH3 is 1. The van der Waals surface area contributed by atoms with E-state index >= 15 is 0 Å². The first-order chi connectivity index (χ1) is 12.4. The molecule has 10 heteroatoms. The van der Waals surface area contributed by atoms with E-state index in [1.54, 1.807) is 7.11 Å². The third kappa shape index (κ3) is 3.72. The van der Waals surface area contributed by atoms with Gasteiger partial charge >= 0.3 is 59.1 Å². The first kappa shape index (κ1) is 24.6. The summed E-state index contributed by atoms with van der Waals surface area (Å²) in [6.45, 7) is 0. The monoisotopic (exact) mass is 432 g/mol. The van der Waals surface area contributed by atoms with Crippen molar-refractivity contribution < 1.29 is 92.5 Å². The van der Waals surface area contributed by atoms with Crippen LogP contribution in [0.15, 0.2) is 0 Å². The number of ether oxygens (including phenoxy) is 1. The van der Waals surface area contributed by atoms with Gasteiger partial charge in [-0.3, -0.25) is 0 Å². The number of hydrogen-bond acceptors (Lipinski definition) is 7. The molecule has 6 aliphatic rings. The van der Waals surface area contributed by atoms with Gasteiger partial charge in [-0.25, -0.2) is 4.89 Å². The molecule has 5 aliphatic carbocycles. The van der Waals surface area contributed by atoms with Gasteiger partial charge in [-0.2, -0.15) is 4.89 Å². The van der Waals surface area contributed by atoms with E-state index in [2.05, 4.69) is 0 Å². The predicted molar refractivity (Wildman–Crippen MR) is 86.1 cm³/mol. The number of hydrogen-bond donors (Lipinski definition) is 0. The van der Waals surface area contributed by atoms with Crippen molar-refractivity contribution in [3.8, 4) is 0 Å². The summed E-state index contributed by atoms with van der Waals surface area (Å²) < 4.78 is 21.9. The molecular formula is C18H27Na2O7P. The van der Waals surface area contributed by atoms with Crippen molar-refractivity contribution in [1.82, 2.24) is 0 Å². The molecule has 3 unspecified atom stereocenters. The standard InChI is InChI=1S/C18H29O7P.2Na/c1-22-18(13-3-2-4-16(10-13)23-26(19,20)21)17(24-25-18)14-6-11-5-12(8-14)9-15(17)7-11;;/h11-16H,2-10H2,1H3,(H2,19,20,21);;/q;2*+1/p-2. The Balaban J connectivity index is 0.00000112. The van der Waals surface area contributed by atoms with E-state index < -0.39 is 25.3 Å². The van der Waals surface area contributed by atoms with E-state index in [0.717, 1.165) is 24.7 Å². The van der Waals surface area contributed by atoms with Crippen molar-refractivity contribution in [2.45, 2.75) is 75.3 Å². The Morgan fingerprint density at radius 2 is 1.50 bits per heavy atom. The van der Waals surface area contributed by atoms with Crippen LogP contribution in [0.3, 0.4) is 0 Å². The molecule has 0 N–H and O–H groups in total. The quantitative estimate of drug-likeness (QED) is 0.253. The molecule has 0 aromatic heterocycles. The SMILES string of the molecule is COC1(C2CCCC(OP(=O)([O-])[O-])C2)OOC12C1CC3CC(C1)CC2C3.[Na+].[Na+]. The minimum Gasteiger partial charge on any atom is -0.790 e. The van der Waals surface area contributed by atoms with Crippen molar-refractivity contribution in [2.24, 2.45) is 29.6 Å². The number of rotatable bonds is 4. The zero-order valence-corrected chi connectivity index (χ0v) is 22.0. The van der Waals surface area contributed by atoms with Crippen molar-refractivity contribution in [3.05, 3.63) is 0 Å². The first-order valence-corrected chi connectivity index (χ1v) is 11.4. The van der Waals surface area contributed by atoms with Crippen molar-refractivity contribution in [2.75, 3.05) is 7.11 Å². The van der Waals surface area contributed by atoms with Crippen LogP contribution in [0.5, 0.6) is 0 Å². The molecule has 7 nitrogen and oxygen atoms in total. The van der Waals surface area contributed by atoms with Crippen LogP contribution in [0.4, 0.5) is 0 Å². The summed E-state index contributed by atoms with van der Waals surface area (Å²) in [5.74, 6) is 1.63. The maximum absolute atomic E-state index is 11.1. The van der Waals surface area contributed by atoms with Gasteiger partial charge < -0.3 is 23.6 Å². The third-order valence-electron chi connectivity index (χ3n) is 7.94. The third-order valence-corrected chi connectivity index (χ3v) is 8.50. The molecule has 1 heterocycles. The Morgan fingerprint density at radius 3 is 1.96 bits per heavy atom. The van der Waals surface area contributed by atoms with Crippen LogP contribution < -0.4 is 68.9 Å². The molecule has 6 fully saturated rings. The Morgan fingerprint density at radius 1 is 0.893 bits per heavy atom. The Hall–Kier alpha value is 1.99. The van der Waals surface area contributed by atoms with Gasteiger partial charge in [0.1, 0.15) is 0 Å². The summed E-state index contributed by atoms with van der Waals surface area (Å²) >= 11 is 0. The Labute approximate surface area is 210 Å². The zero-order chi connectivity index (χ0) is 18.2. The maximum atomic E-state index is 11.1. The van der Waals surface area contributed by atoms with Crippen LogP contribution in [0.25, 0.3) is 0 Å². The van der Waals surface area contributed by atoms with Gasteiger partial charge in [-0.15, -0.1) is 0 Å². The molecule has 28 heavy (non-hydrogen) atoms. The second-order valence-electron chi connectivity index (χ2n) is 9.17. The van der Waals surface area contributed by atoms with Crippen LogP contribution in [-0.4, -0.2) is 24.6 Å². The van der Waals surface area contributed by atoms with Gasteiger partial charge in [0.2, 0.25) is 5.79 Å². The largest absolute Gasteiger partial charge is 1.00 e. The zero-order valence-electron chi connectivity index (χ0n) is 17.1. The van der Waals surface area contributed by atoms with Crippen LogP contribution >= 0.6 is 7.82 Å². The smallest absolute Gasteiger partial charge is 0.790 e. The Bertz CT molecular complexity index is 597. The molecule has 5 saturated carbocycles. The average molecular weight is 432 g/mol. The van der Waals surface area contributed by atoms with Gasteiger partial charge in [-0.05, 0) is 75.0 Å². The van der Waals surface area contributed by atoms with E-state index in [-0.39, 0.29) is 65.0 Å². The summed E-state index contributed by atoms with van der Waals surface area (Å²) in [6.07, 6.45) is 8.15. The van der Waals surface area contributed by atoms with Gasteiger partial charge in [-0.1, -0.05) is 6.42 Å². The molecule has 1 spiro atoms. The Kier molecular flexibility index (Phi) is 7.68. The predicted octanol–water partition coefficient (Wildman–Crippen LogP) is -4.10.